The SMILES string of the molecule is CS(=O)(=NC(=O)c1csc(-c2cnccn2)n1)c1cccc(Br)c1. The van der Waals surface area contributed by atoms with Crippen LogP contribution in [0, 0.1) is 0 Å². The maximum Gasteiger partial charge on any atom is 0.304 e. The Morgan fingerprint density at radius 1 is 1.33 bits per heavy atom. The summed E-state index contributed by atoms with van der Waals surface area (Å²) in [5.41, 5.74) is 0.719. The molecule has 0 saturated carbocycles. The summed E-state index contributed by atoms with van der Waals surface area (Å²) >= 11 is 4.58. The maximum absolute atomic E-state index is 12.7. The highest BCUT2D eigenvalue weighted by molar-refractivity contribution is 9.10. The number of hydrogen-bond acceptors (Lipinski definition) is 6. The van der Waals surface area contributed by atoms with Crippen molar-refractivity contribution in [1.82, 2.24) is 15.0 Å². The van der Waals surface area contributed by atoms with Crippen LogP contribution in [0.2, 0.25) is 0 Å². The van der Waals surface area contributed by atoms with Crippen LogP contribution in [0.25, 0.3) is 10.7 Å². The van der Waals surface area contributed by atoms with E-state index in [0.29, 0.717) is 15.6 Å². The fourth-order valence-corrected chi connectivity index (χ4v) is 4.36. The van der Waals surface area contributed by atoms with E-state index in [4.69, 9.17) is 0 Å². The molecular formula is C15H11BrN4O2S2. The number of amides is 1. The molecule has 0 aliphatic rings. The van der Waals surface area contributed by atoms with E-state index in [1.807, 2.05) is 6.07 Å². The van der Waals surface area contributed by atoms with Gasteiger partial charge in [0.25, 0.3) is 0 Å². The predicted molar refractivity (Wildman–Crippen MR) is 96.4 cm³/mol. The smallest absolute Gasteiger partial charge is 0.264 e. The monoisotopic (exact) mass is 422 g/mol. The maximum atomic E-state index is 12.7. The Balaban J connectivity index is 1.92. The molecular weight excluding hydrogens is 412 g/mol. The molecule has 3 rings (SSSR count). The molecule has 0 spiro atoms. The van der Waals surface area contributed by atoms with Crippen molar-refractivity contribution in [2.24, 2.45) is 4.36 Å². The van der Waals surface area contributed by atoms with Crippen molar-refractivity contribution in [3.8, 4) is 10.7 Å². The van der Waals surface area contributed by atoms with Crippen LogP contribution < -0.4 is 0 Å². The number of nitrogens with zero attached hydrogens (tertiary/aromatic N) is 4. The standard InChI is InChI=1S/C15H11BrN4O2S2/c1-24(22,11-4-2-3-10(16)7-11)20-14(21)13-9-23-15(19-13)12-8-17-5-6-18-12/h2-9H,1H3. The summed E-state index contributed by atoms with van der Waals surface area (Å²) < 4.78 is 17.4. The number of rotatable bonds is 3. The van der Waals surface area contributed by atoms with E-state index in [-0.39, 0.29) is 5.69 Å². The first kappa shape index (κ1) is 16.9. The summed E-state index contributed by atoms with van der Waals surface area (Å²) in [4.78, 5) is 25.1. The zero-order valence-corrected chi connectivity index (χ0v) is 15.6. The van der Waals surface area contributed by atoms with Crippen molar-refractivity contribution in [3.05, 3.63) is 58.4 Å². The van der Waals surface area contributed by atoms with Crippen LogP contribution in [0.4, 0.5) is 0 Å². The molecule has 2 aromatic heterocycles. The highest BCUT2D eigenvalue weighted by Gasteiger charge is 2.15. The molecule has 6 nitrogen and oxygen atoms in total. The lowest BCUT2D eigenvalue weighted by Crippen LogP contribution is -2.04. The second-order valence-corrected chi connectivity index (χ2v) is 8.82. The van der Waals surface area contributed by atoms with Crippen LogP contribution in [0.15, 0.2) is 62.0 Å². The molecule has 3 aromatic rings. The average molecular weight is 423 g/mol. The largest absolute Gasteiger partial charge is 0.304 e. The summed E-state index contributed by atoms with van der Waals surface area (Å²) in [7, 11) is -2.85. The van der Waals surface area contributed by atoms with Gasteiger partial charge >= 0.3 is 5.91 Å². The van der Waals surface area contributed by atoms with Crippen LogP contribution in [-0.2, 0) is 9.73 Å². The molecule has 0 saturated heterocycles. The van der Waals surface area contributed by atoms with Crippen LogP contribution in [-0.4, -0.2) is 31.3 Å². The molecule has 1 unspecified atom stereocenters. The van der Waals surface area contributed by atoms with Gasteiger partial charge in [-0.1, -0.05) is 22.0 Å². The van der Waals surface area contributed by atoms with Gasteiger partial charge < -0.3 is 0 Å². The highest BCUT2D eigenvalue weighted by Crippen LogP contribution is 2.22. The lowest BCUT2D eigenvalue weighted by molar-refractivity contribution is 0.100. The van der Waals surface area contributed by atoms with Crippen molar-refractivity contribution in [1.29, 1.82) is 0 Å². The van der Waals surface area contributed by atoms with Gasteiger partial charge in [0.2, 0.25) is 0 Å². The van der Waals surface area contributed by atoms with Gasteiger partial charge in [-0.15, -0.1) is 11.3 Å². The molecule has 0 aliphatic carbocycles. The third kappa shape index (κ3) is 3.74. The minimum atomic E-state index is -2.85. The van der Waals surface area contributed by atoms with E-state index < -0.39 is 15.6 Å². The van der Waals surface area contributed by atoms with E-state index in [9.17, 15) is 9.00 Å². The van der Waals surface area contributed by atoms with E-state index in [2.05, 4.69) is 35.2 Å². The molecule has 1 atom stereocenters. The van der Waals surface area contributed by atoms with Crippen molar-refractivity contribution in [2.45, 2.75) is 4.90 Å². The molecule has 0 bridgehead atoms. The van der Waals surface area contributed by atoms with Gasteiger partial charge in [0.15, 0.2) is 0 Å². The Bertz CT molecular complexity index is 1010. The molecule has 1 aromatic carbocycles. The minimum Gasteiger partial charge on any atom is -0.264 e. The number of halogens is 1. The van der Waals surface area contributed by atoms with Gasteiger partial charge in [-0.2, -0.15) is 4.36 Å². The van der Waals surface area contributed by atoms with Crippen molar-refractivity contribution < 1.29 is 9.00 Å². The number of thiazole rings is 1. The van der Waals surface area contributed by atoms with Gasteiger partial charge in [-0.25, -0.2) is 9.19 Å². The Labute approximate surface area is 151 Å². The second kappa shape index (κ2) is 6.88. The number of benzene rings is 1. The zero-order chi connectivity index (χ0) is 17.2. The fourth-order valence-electron chi connectivity index (χ4n) is 1.86. The van der Waals surface area contributed by atoms with E-state index in [0.717, 1.165) is 4.47 Å². The normalized spacial score (nSPS) is 13.2. The molecule has 0 aliphatic heterocycles. The first-order chi connectivity index (χ1) is 11.5. The first-order valence-electron chi connectivity index (χ1n) is 6.70. The van der Waals surface area contributed by atoms with Crippen molar-refractivity contribution in [3.63, 3.8) is 0 Å². The average Bonchev–Trinajstić information content (AvgIpc) is 3.05. The molecule has 1 amide bonds. The third-order valence-electron chi connectivity index (χ3n) is 3.00. The quantitative estimate of drug-likeness (QED) is 0.642. The molecule has 122 valence electrons. The fraction of sp³-hybridized carbons (Fsp3) is 0.0667. The lowest BCUT2D eigenvalue weighted by atomic mass is 10.4. The molecule has 9 heteroatoms. The molecule has 0 N–H and O–H groups in total. The second-order valence-electron chi connectivity index (χ2n) is 4.78. The number of carbonyl (C=O) groups is 1. The summed E-state index contributed by atoms with van der Waals surface area (Å²) in [6, 6.07) is 6.92. The Hall–Kier alpha value is -1.97. The van der Waals surface area contributed by atoms with E-state index in [1.165, 1.54) is 17.6 Å². The zero-order valence-electron chi connectivity index (χ0n) is 12.4. The Kier molecular flexibility index (Phi) is 4.83. The molecule has 0 radical (unpaired) electrons. The highest BCUT2D eigenvalue weighted by atomic mass is 79.9. The lowest BCUT2D eigenvalue weighted by Gasteiger charge is -2.03. The summed E-state index contributed by atoms with van der Waals surface area (Å²) in [5, 5.41) is 2.14. The molecule has 2 heterocycles. The van der Waals surface area contributed by atoms with Crippen LogP contribution >= 0.6 is 27.3 Å². The van der Waals surface area contributed by atoms with E-state index >= 15 is 0 Å². The third-order valence-corrected chi connectivity index (χ3v) is 6.00. The van der Waals surface area contributed by atoms with E-state index in [1.54, 1.807) is 42.2 Å². The Morgan fingerprint density at radius 2 is 2.17 bits per heavy atom. The first-order valence-corrected chi connectivity index (χ1v) is 10.3. The van der Waals surface area contributed by atoms with Crippen LogP contribution in [0.5, 0.6) is 0 Å². The topological polar surface area (TPSA) is 85.2 Å². The summed E-state index contributed by atoms with van der Waals surface area (Å²) in [6.07, 6.45) is 6.11. The summed E-state index contributed by atoms with van der Waals surface area (Å²) in [6.45, 7) is 0. The number of aromatic nitrogens is 3. The van der Waals surface area contributed by atoms with Gasteiger partial charge in [0.1, 0.15) is 16.4 Å². The van der Waals surface area contributed by atoms with Gasteiger partial charge in [0, 0.05) is 33.4 Å². The van der Waals surface area contributed by atoms with Gasteiger partial charge in [0.05, 0.1) is 15.9 Å². The van der Waals surface area contributed by atoms with Crippen LogP contribution in [0.1, 0.15) is 10.5 Å². The molecule has 0 fully saturated rings. The van der Waals surface area contributed by atoms with Gasteiger partial charge in [-0.05, 0) is 18.2 Å². The molecule has 24 heavy (non-hydrogen) atoms. The van der Waals surface area contributed by atoms with Gasteiger partial charge in [-0.3, -0.25) is 14.8 Å². The Morgan fingerprint density at radius 3 is 2.88 bits per heavy atom. The minimum absolute atomic E-state index is 0.144. The summed E-state index contributed by atoms with van der Waals surface area (Å²) in [5.74, 6) is -0.617. The van der Waals surface area contributed by atoms with Crippen LogP contribution in [0.3, 0.4) is 0 Å². The van der Waals surface area contributed by atoms with Crippen molar-refractivity contribution in [2.75, 3.05) is 6.26 Å². The predicted octanol–water partition coefficient (Wildman–Crippen LogP) is 3.66. The number of carbonyl (C=O) groups excluding carboxylic acids is 1. The van der Waals surface area contributed by atoms with Crippen molar-refractivity contribution >= 4 is 42.9 Å². The number of hydrogen-bond donors (Lipinski definition) is 0.